The second kappa shape index (κ2) is 9.08. The third-order valence-corrected chi connectivity index (χ3v) is 6.97. The van der Waals surface area contributed by atoms with Crippen LogP contribution < -0.4 is 15.5 Å². The number of amides is 1. The fourth-order valence-electron chi connectivity index (χ4n) is 4.87. The smallest absolute Gasteiger partial charge is 0.375 e. The van der Waals surface area contributed by atoms with Gasteiger partial charge in [-0.1, -0.05) is 0 Å². The Morgan fingerprint density at radius 2 is 2.03 bits per heavy atom. The first-order valence-electron chi connectivity index (χ1n) is 12.3. The Morgan fingerprint density at radius 3 is 2.76 bits per heavy atom. The molecule has 5 heterocycles. The zero-order valence-corrected chi connectivity index (χ0v) is 20.7. The topological polar surface area (TPSA) is 110 Å². The van der Waals surface area contributed by atoms with E-state index in [0.29, 0.717) is 40.2 Å². The summed E-state index contributed by atoms with van der Waals surface area (Å²) in [6.07, 6.45) is 0.610. The lowest BCUT2D eigenvalue weighted by Gasteiger charge is -2.32. The number of alkyl halides is 3. The number of rotatable bonds is 5. The molecule has 2 aliphatic rings. The van der Waals surface area contributed by atoms with Crippen LogP contribution in [-0.2, 0) is 9.53 Å². The lowest BCUT2D eigenvalue weighted by atomic mass is 10.1. The Bertz CT molecular complexity index is 1540. The van der Waals surface area contributed by atoms with Crippen molar-refractivity contribution in [2.45, 2.75) is 25.6 Å². The lowest BCUT2D eigenvalue weighted by Crippen LogP contribution is -2.41. The fraction of sp³-hybridized carbons (Fsp3) is 0.400. The summed E-state index contributed by atoms with van der Waals surface area (Å²) < 4.78 is 46.1. The van der Waals surface area contributed by atoms with E-state index in [1.165, 1.54) is 6.20 Å². The highest BCUT2D eigenvalue weighted by Crippen LogP contribution is 2.50. The number of ether oxygens (including phenoxy) is 1. The molecule has 2 fully saturated rings. The molecule has 4 aromatic heterocycles. The van der Waals surface area contributed by atoms with Gasteiger partial charge in [0.2, 0.25) is 5.91 Å². The molecular formula is C25H25F3N8O2. The van der Waals surface area contributed by atoms with E-state index in [1.807, 2.05) is 25.3 Å². The molecule has 0 radical (unpaired) electrons. The van der Waals surface area contributed by atoms with Crippen LogP contribution in [0.15, 0.2) is 36.8 Å². The van der Waals surface area contributed by atoms with Crippen LogP contribution in [-0.4, -0.2) is 69.5 Å². The average Bonchev–Trinajstić information content (AvgIpc) is 3.61. The highest BCUT2D eigenvalue weighted by molar-refractivity contribution is 6.03. The summed E-state index contributed by atoms with van der Waals surface area (Å²) >= 11 is 0. The van der Waals surface area contributed by atoms with Gasteiger partial charge in [0.1, 0.15) is 11.6 Å². The van der Waals surface area contributed by atoms with Crippen LogP contribution >= 0.6 is 0 Å². The van der Waals surface area contributed by atoms with Crippen molar-refractivity contribution < 1.29 is 22.7 Å². The van der Waals surface area contributed by atoms with Gasteiger partial charge in [-0.2, -0.15) is 13.2 Å². The fourth-order valence-corrected chi connectivity index (χ4v) is 4.87. The molecule has 6 rings (SSSR count). The van der Waals surface area contributed by atoms with Crippen molar-refractivity contribution >= 4 is 39.6 Å². The van der Waals surface area contributed by atoms with Crippen molar-refractivity contribution in [3.8, 4) is 11.4 Å². The summed E-state index contributed by atoms with van der Waals surface area (Å²) in [4.78, 5) is 28.0. The van der Waals surface area contributed by atoms with Crippen molar-refractivity contribution in [1.29, 1.82) is 0 Å². The summed E-state index contributed by atoms with van der Waals surface area (Å²) in [5, 5.41) is 11.5. The normalized spacial score (nSPS) is 21.6. The number of morpholine rings is 1. The molecule has 0 bridgehead atoms. The highest BCUT2D eigenvalue weighted by atomic mass is 19.4. The molecule has 1 saturated heterocycles. The number of nitrogens with one attached hydrogen (secondary N) is 2. The first-order valence-corrected chi connectivity index (χ1v) is 12.3. The maximum Gasteiger partial charge on any atom is 0.392 e. The molecule has 1 aliphatic heterocycles. The highest BCUT2D eigenvalue weighted by Gasteiger charge is 2.58. The molecule has 1 aliphatic carbocycles. The molecule has 0 unspecified atom stereocenters. The lowest BCUT2D eigenvalue weighted by molar-refractivity contribution is -0.153. The molecule has 3 atom stereocenters. The van der Waals surface area contributed by atoms with E-state index in [2.05, 4.69) is 35.6 Å². The summed E-state index contributed by atoms with van der Waals surface area (Å²) in [6.45, 7) is 4.25. The van der Waals surface area contributed by atoms with Gasteiger partial charge >= 0.3 is 6.18 Å². The van der Waals surface area contributed by atoms with Gasteiger partial charge in [-0.15, -0.1) is 5.10 Å². The Morgan fingerprint density at radius 1 is 1.18 bits per heavy atom. The summed E-state index contributed by atoms with van der Waals surface area (Å²) in [5.74, 6) is -2.27. The van der Waals surface area contributed by atoms with Crippen molar-refractivity contribution in [2.75, 3.05) is 42.3 Å². The van der Waals surface area contributed by atoms with E-state index in [0.717, 1.165) is 18.8 Å². The van der Waals surface area contributed by atoms with Gasteiger partial charge in [0.05, 0.1) is 36.4 Å². The molecule has 0 spiro atoms. The van der Waals surface area contributed by atoms with Crippen LogP contribution in [0.1, 0.15) is 13.3 Å². The van der Waals surface area contributed by atoms with E-state index in [9.17, 15) is 18.0 Å². The van der Waals surface area contributed by atoms with Gasteiger partial charge in [-0.25, -0.2) is 19.5 Å². The molecule has 38 heavy (non-hydrogen) atoms. The van der Waals surface area contributed by atoms with Crippen LogP contribution in [0.3, 0.4) is 0 Å². The Balaban J connectivity index is 1.34. The molecule has 10 nitrogen and oxygen atoms in total. The minimum Gasteiger partial charge on any atom is -0.375 e. The number of aromatic nitrogens is 5. The monoisotopic (exact) mass is 526 g/mol. The van der Waals surface area contributed by atoms with Crippen LogP contribution in [0.25, 0.3) is 27.8 Å². The number of carbonyl (C=O) groups is 1. The molecule has 198 valence electrons. The SMILES string of the molecule is CNc1ncc(-c2nc3ccc(N4CCO[C@@H](C)C4)cn3n2)c2cc(NC(=O)[C@@H]3C[C@@H]3C(F)(F)F)ncc12. The van der Waals surface area contributed by atoms with Crippen LogP contribution in [0.5, 0.6) is 0 Å². The number of hydrogen-bond acceptors (Lipinski definition) is 8. The van der Waals surface area contributed by atoms with Crippen LogP contribution in [0, 0.1) is 11.8 Å². The van der Waals surface area contributed by atoms with Crippen LogP contribution in [0.4, 0.5) is 30.5 Å². The minimum absolute atomic E-state index is 0.136. The Hall–Kier alpha value is -4.00. The molecule has 13 heteroatoms. The number of fused-ring (bicyclic) bond motifs is 2. The van der Waals surface area contributed by atoms with Gasteiger partial charge in [0.15, 0.2) is 11.5 Å². The van der Waals surface area contributed by atoms with E-state index in [-0.39, 0.29) is 18.3 Å². The van der Waals surface area contributed by atoms with Gasteiger partial charge in [-0.05, 0) is 31.5 Å². The minimum atomic E-state index is -4.38. The quantitative estimate of drug-likeness (QED) is 0.405. The van der Waals surface area contributed by atoms with Gasteiger partial charge in [0.25, 0.3) is 0 Å². The van der Waals surface area contributed by atoms with E-state index in [4.69, 9.17) is 4.74 Å². The van der Waals surface area contributed by atoms with E-state index in [1.54, 1.807) is 23.8 Å². The molecule has 4 aromatic rings. The van der Waals surface area contributed by atoms with Gasteiger partial charge in [-0.3, -0.25) is 4.79 Å². The van der Waals surface area contributed by atoms with E-state index < -0.39 is 23.9 Å². The summed E-state index contributed by atoms with van der Waals surface area (Å²) in [6, 6.07) is 5.50. The predicted molar refractivity (Wildman–Crippen MR) is 135 cm³/mol. The second-order valence-corrected chi connectivity index (χ2v) is 9.62. The zero-order valence-electron chi connectivity index (χ0n) is 20.7. The predicted octanol–water partition coefficient (Wildman–Crippen LogP) is 3.74. The first kappa shape index (κ1) is 24.3. The third-order valence-electron chi connectivity index (χ3n) is 6.97. The largest absolute Gasteiger partial charge is 0.392 e. The molecule has 1 saturated carbocycles. The zero-order chi connectivity index (χ0) is 26.6. The summed E-state index contributed by atoms with van der Waals surface area (Å²) in [5.41, 5.74) is 2.25. The maximum absolute atomic E-state index is 12.9. The number of hydrogen-bond donors (Lipinski definition) is 2. The van der Waals surface area contributed by atoms with Crippen LogP contribution in [0.2, 0.25) is 0 Å². The Labute approximate surface area is 215 Å². The van der Waals surface area contributed by atoms with E-state index >= 15 is 0 Å². The summed E-state index contributed by atoms with van der Waals surface area (Å²) in [7, 11) is 1.72. The third kappa shape index (κ3) is 4.46. The number of nitrogens with zero attached hydrogens (tertiary/aromatic N) is 6. The number of anilines is 3. The maximum atomic E-state index is 12.9. The second-order valence-electron chi connectivity index (χ2n) is 9.62. The van der Waals surface area contributed by atoms with Crippen molar-refractivity contribution in [1.82, 2.24) is 24.6 Å². The standard InChI is InChI=1S/C25H25F3N8O2/c1-13-11-35(5-6-38-13)14-3-4-21-33-23(34-36(21)12-14)18-10-31-22(29-2)17-9-30-20(8-15(17)18)32-24(37)16-7-19(16)25(26,27)28/h3-4,8-10,12-13,16,19H,5-7,11H2,1-2H3,(H,29,31)(H,30,32,37)/t13-,16+,19-/m0/s1. The number of halogens is 3. The number of carbonyl (C=O) groups excluding carboxylic acids is 1. The van der Waals surface area contributed by atoms with Crippen molar-refractivity contribution in [2.24, 2.45) is 11.8 Å². The number of pyridine rings is 3. The Kier molecular flexibility index (Phi) is 5.82. The molecule has 0 aromatic carbocycles. The molecule has 1 amide bonds. The van der Waals surface area contributed by atoms with Crippen molar-refractivity contribution in [3.05, 3.63) is 36.8 Å². The average molecular weight is 527 g/mol. The van der Waals surface area contributed by atoms with Gasteiger partial charge in [0, 0.05) is 48.9 Å². The molecular weight excluding hydrogens is 501 g/mol. The van der Waals surface area contributed by atoms with Crippen molar-refractivity contribution in [3.63, 3.8) is 0 Å². The van der Waals surface area contributed by atoms with Gasteiger partial charge < -0.3 is 20.3 Å². The first-order chi connectivity index (χ1) is 18.2. The molecule has 2 N–H and O–H groups in total.